The molecule has 4 atom stereocenters. The summed E-state index contributed by atoms with van der Waals surface area (Å²) in [6.07, 6.45) is 2.50. The minimum absolute atomic E-state index is 0.216. The molecule has 0 aromatic heterocycles. The Labute approximate surface area is 281 Å². The Balaban J connectivity index is 2.12. The van der Waals surface area contributed by atoms with E-state index in [1.54, 1.807) is 46.4 Å². The molecule has 4 unspecified atom stereocenters. The SMILES string of the molecule is CCC(C)C(NC(=O)OC(C)(C)C)C(=O)N(C1CCC1)C(C(=O)NC(Cc1ccccc1)C(=O)OC(C)(C)C)c1cccc(C)c1C. The number of hydrogen-bond acceptors (Lipinski definition) is 6. The fourth-order valence-electron chi connectivity index (χ4n) is 5.62. The zero-order valence-electron chi connectivity index (χ0n) is 29.9. The monoisotopic (exact) mass is 649 g/mol. The van der Waals surface area contributed by atoms with Crippen molar-refractivity contribution in [1.82, 2.24) is 15.5 Å². The largest absolute Gasteiger partial charge is 0.458 e. The molecule has 0 spiro atoms. The van der Waals surface area contributed by atoms with Gasteiger partial charge in [-0.05, 0) is 103 Å². The highest BCUT2D eigenvalue weighted by atomic mass is 16.6. The van der Waals surface area contributed by atoms with Gasteiger partial charge in [0.1, 0.15) is 29.3 Å². The van der Waals surface area contributed by atoms with E-state index in [0.29, 0.717) is 12.0 Å². The van der Waals surface area contributed by atoms with Gasteiger partial charge in [0.2, 0.25) is 11.8 Å². The summed E-state index contributed by atoms with van der Waals surface area (Å²) in [5.41, 5.74) is 1.86. The highest BCUT2D eigenvalue weighted by molar-refractivity contribution is 5.94. The number of alkyl carbamates (subject to hydrolysis) is 1. The molecule has 47 heavy (non-hydrogen) atoms. The molecule has 0 saturated heterocycles. The number of carbonyl (C=O) groups excluding carboxylic acids is 4. The van der Waals surface area contributed by atoms with Crippen LogP contribution in [0.25, 0.3) is 0 Å². The Bertz CT molecular complexity index is 1390. The molecular weight excluding hydrogens is 594 g/mol. The van der Waals surface area contributed by atoms with Crippen LogP contribution in [0.1, 0.15) is 109 Å². The third kappa shape index (κ3) is 10.6. The van der Waals surface area contributed by atoms with E-state index in [1.165, 1.54) is 0 Å². The van der Waals surface area contributed by atoms with Crippen molar-refractivity contribution >= 4 is 23.9 Å². The van der Waals surface area contributed by atoms with E-state index in [4.69, 9.17) is 9.47 Å². The van der Waals surface area contributed by atoms with Gasteiger partial charge in [0.25, 0.3) is 0 Å². The Morgan fingerprint density at radius 2 is 1.49 bits per heavy atom. The number of nitrogens with zero attached hydrogens (tertiary/aromatic N) is 1. The molecule has 1 saturated carbocycles. The number of aryl methyl sites for hydroxylation is 1. The van der Waals surface area contributed by atoms with Crippen LogP contribution in [0, 0.1) is 19.8 Å². The van der Waals surface area contributed by atoms with Crippen LogP contribution in [-0.2, 0) is 30.3 Å². The van der Waals surface area contributed by atoms with Gasteiger partial charge in [0.15, 0.2) is 0 Å². The van der Waals surface area contributed by atoms with Crippen molar-refractivity contribution in [1.29, 1.82) is 0 Å². The number of nitrogens with one attached hydrogen (secondary N) is 2. The summed E-state index contributed by atoms with van der Waals surface area (Å²) in [5, 5.41) is 5.84. The molecule has 0 radical (unpaired) electrons. The number of ether oxygens (including phenoxy) is 2. The summed E-state index contributed by atoms with van der Waals surface area (Å²) in [4.78, 5) is 57.7. The van der Waals surface area contributed by atoms with E-state index < -0.39 is 47.3 Å². The molecule has 9 nitrogen and oxygen atoms in total. The van der Waals surface area contributed by atoms with Crippen LogP contribution >= 0.6 is 0 Å². The second kappa shape index (κ2) is 15.8. The predicted octanol–water partition coefficient (Wildman–Crippen LogP) is 6.73. The highest BCUT2D eigenvalue weighted by Gasteiger charge is 2.44. The maximum absolute atomic E-state index is 14.8. The van der Waals surface area contributed by atoms with Crippen LogP contribution in [0.15, 0.2) is 48.5 Å². The molecule has 3 rings (SSSR count). The number of hydrogen-bond donors (Lipinski definition) is 2. The summed E-state index contributed by atoms with van der Waals surface area (Å²) >= 11 is 0. The molecule has 1 fully saturated rings. The van der Waals surface area contributed by atoms with E-state index in [1.807, 2.05) is 76.2 Å². The first-order chi connectivity index (χ1) is 21.9. The van der Waals surface area contributed by atoms with Crippen molar-refractivity contribution in [3.63, 3.8) is 0 Å². The molecule has 0 aliphatic heterocycles. The number of amides is 3. The number of rotatable bonds is 12. The van der Waals surface area contributed by atoms with Crippen molar-refractivity contribution in [2.24, 2.45) is 5.92 Å². The standard InChI is InChI=1S/C38H55N3O6/c1-11-24(2)31(40-36(45)47-38(8,9)10)34(43)41(28-20-16-21-28)32(29-22-15-17-25(3)26(29)4)33(42)39-30(35(44)46-37(5,6)7)23-27-18-13-12-14-19-27/h12-15,17-19,22,24,28,30-32H,11,16,20-21,23H2,1-10H3,(H,39,42)(H,40,45). The van der Waals surface area contributed by atoms with Crippen molar-refractivity contribution in [3.8, 4) is 0 Å². The van der Waals surface area contributed by atoms with Crippen LogP contribution in [0.3, 0.4) is 0 Å². The molecule has 1 aliphatic carbocycles. The molecule has 9 heteroatoms. The quantitative estimate of drug-likeness (QED) is 0.247. The van der Waals surface area contributed by atoms with Gasteiger partial charge in [0.05, 0.1) is 0 Å². The van der Waals surface area contributed by atoms with Gasteiger partial charge < -0.3 is 25.0 Å². The van der Waals surface area contributed by atoms with Gasteiger partial charge in [-0.1, -0.05) is 68.8 Å². The Kier molecular flexibility index (Phi) is 12.6. The van der Waals surface area contributed by atoms with E-state index in [0.717, 1.165) is 36.0 Å². The van der Waals surface area contributed by atoms with Gasteiger partial charge in [-0.2, -0.15) is 0 Å². The third-order valence-electron chi connectivity index (χ3n) is 8.63. The molecule has 0 bridgehead atoms. The first kappa shape index (κ1) is 37.6. The minimum Gasteiger partial charge on any atom is -0.458 e. The molecule has 2 aromatic rings. The zero-order chi connectivity index (χ0) is 35.1. The summed E-state index contributed by atoms with van der Waals surface area (Å²) in [6.45, 7) is 18.4. The maximum atomic E-state index is 14.8. The Hall–Kier alpha value is -3.88. The van der Waals surface area contributed by atoms with Gasteiger partial charge in [-0.15, -0.1) is 0 Å². The Morgan fingerprint density at radius 1 is 0.872 bits per heavy atom. The lowest BCUT2D eigenvalue weighted by atomic mass is 9.85. The summed E-state index contributed by atoms with van der Waals surface area (Å²) in [7, 11) is 0. The van der Waals surface area contributed by atoms with Crippen LogP contribution < -0.4 is 10.6 Å². The number of carbonyl (C=O) groups is 4. The summed E-state index contributed by atoms with van der Waals surface area (Å²) in [6, 6.07) is 12.0. The first-order valence-electron chi connectivity index (χ1n) is 16.9. The second-order valence-electron chi connectivity index (χ2n) is 14.8. The molecule has 2 N–H and O–H groups in total. The van der Waals surface area contributed by atoms with Gasteiger partial charge in [0, 0.05) is 12.5 Å². The molecule has 2 aromatic carbocycles. The first-order valence-corrected chi connectivity index (χ1v) is 16.9. The lowest BCUT2D eigenvalue weighted by Gasteiger charge is -2.45. The van der Waals surface area contributed by atoms with Crippen LogP contribution in [0.2, 0.25) is 0 Å². The molecule has 0 heterocycles. The number of benzene rings is 2. The van der Waals surface area contributed by atoms with Crippen molar-refractivity contribution < 1.29 is 28.7 Å². The van der Waals surface area contributed by atoms with E-state index in [9.17, 15) is 19.2 Å². The fourth-order valence-corrected chi connectivity index (χ4v) is 5.62. The topological polar surface area (TPSA) is 114 Å². The average molecular weight is 650 g/mol. The minimum atomic E-state index is -1.06. The number of esters is 1. The van der Waals surface area contributed by atoms with Gasteiger partial charge >= 0.3 is 12.1 Å². The van der Waals surface area contributed by atoms with E-state index in [2.05, 4.69) is 10.6 Å². The molecule has 3 amide bonds. The smallest absolute Gasteiger partial charge is 0.408 e. The third-order valence-corrected chi connectivity index (χ3v) is 8.63. The van der Waals surface area contributed by atoms with E-state index in [-0.39, 0.29) is 24.3 Å². The Morgan fingerprint density at radius 3 is 2.02 bits per heavy atom. The second-order valence-corrected chi connectivity index (χ2v) is 14.8. The highest BCUT2D eigenvalue weighted by Crippen LogP contribution is 2.36. The normalized spacial score (nSPS) is 16.1. The van der Waals surface area contributed by atoms with Crippen LogP contribution in [0.4, 0.5) is 4.79 Å². The molecule has 258 valence electrons. The average Bonchev–Trinajstić information content (AvgIpc) is 2.94. The zero-order valence-corrected chi connectivity index (χ0v) is 29.9. The molecular formula is C38H55N3O6. The predicted molar refractivity (Wildman–Crippen MR) is 184 cm³/mol. The van der Waals surface area contributed by atoms with Crippen molar-refractivity contribution in [2.75, 3.05) is 0 Å². The molecule has 1 aliphatic rings. The summed E-state index contributed by atoms with van der Waals surface area (Å²) in [5.74, 6) is -1.63. The van der Waals surface area contributed by atoms with Crippen LogP contribution in [0.5, 0.6) is 0 Å². The lowest BCUT2D eigenvalue weighted by molar-refractivity contribution is -0.159. The summed E-state index contributed by atoms with van der Waals surface area (Å²) < 4.78 is 11.3. The van der Waals surface area contributed by atoms with E-state index >= 15 is 0 Å². The fraction of sp³-hybridized carbons (Fsp3) is 0.579. The van der Waals surface area contributed by atoms with Crippen LogP contribution in [-0.4, -0.2) is 58.1 Å². The van der Waals surface area contributed by atoms with Crippen molar-refractivity contribution in [2.45, 2.75) is 137 Å². The van der Waals surface area contributed by atoms with Crippen molar-refractivity contribution in [3.05, 3.63) is 70.8 Å². The van der Waals surface area contributed by atoms with Gasteiger partial charge in [-0.25, -0.2) is 9.59 Å². The maximum Gasteiger partial charge on any atom is 0.408 e. The van der Waals surface area contributed by atoms with Gasteiger partial charge in [-0.3, -0.25) is 9.59 Å². The lowest BCUT2D eigenvalue weighted by Crippen LogP contribution is -2.60.